The summed E-state index contributed by atoms with van der Waals surface area (Å²) < 4.78 is 4.65. The Hall–Kier alpha value is -6.10. The number of pyridine rings is 1. The molecule has 0 amide bonds. The van der Waals surface area contributed by atoms with Crippen LogP contribution in [0, 0.1) is 0 Å². The Labute approximate surface area is 307 Å². The van der Waals surface area contributed by atoms with Gasteiger partial charge in [-0.15, -0.1) is 0 Å². The Morgan fingerprint density at radius 2 is 1.27 bits per heavy atom. The zero-order chi connectivity index (χ0) is 34.8. The van der Waals surface area contributed by atoms with Crippen molar-refractivity contribution in [2.45, 2.75) is 24.2 Å². The van der Waals surface area contributed by atoms with Crippen LogP contribution in [0.3, 0.4) is 0 Å². The van der Waals surface area contributed by atoms with Crippen LogP contribution in [-0.4, -0.2) is 14.1 Å². The molecule has 52 heavy (non-hydrogen) atoms. The second-order valence-electron chi connectivity index (χ2n) is 13.5. The number of allylic oxidation sites excluding steroid dienone is 3. The second kappa shape index (κ2) is 12.3. The zero-order valence-electron chi connectivity index (χ0n) is 28.8. The van der Waals surface area contributed by atoms with Gasteiger partial charge in [0.2, 0.25) is 0 Å². The molecular formula is C48H35N3S. The van der Waals surface area contributed by atoms with Gasteiger partial charge in [0, 0.05) is 54.7 Å². The van der Waals surface area contributed by atoms with Crippen LogP contribution in [0.1, 0.15) is 30.4 Å². The van der Waals surface area contributed by atoms with Crippen LogP contribution in [0.15, 0.2) is 180 Å². The van der Waals surface area contributed by atoms with Crippen LogP contribution < -0.4 is 0 Å². The minimum Gasteiger partial charge on any atom is -0.309 e. The van der Waals surface area contributed by atoms with Gasteiger partial charge in [0.1, 0.15) is 5.82 Å². The van der Waals surface area contributed by atoms with E-state index in [-0.39, 0.29) is 0 Å². The van der Waals surface area contributed by atoms with Gasteiger partial charge < -0.3 is 4.57 Å². The van der Waals surface area contributed by atoms with Crippen LogP contribution in [0.4, 0.5) is 0 Å². The maximum atomic E-state index is 5.10. The van der Waals surface area contributed by atoms with Gasteiger partial charge >= 0.3 is 0 Å². The molecule has 248 valence electrons. The number of hydrogen-bond acceptors (Lipinski definition) is 2. The molecule has 10 rings (SSSR count). The molecule has 1 unspecified atom stereocenters. The molecule has 0 radical (unpaired) electrons. The summed E-state index contributed by atoms with van der Waals surface area (Å²) in [5, 5.41) is 4.91. The molecule has 0 fully saturated rings. The van der Waals surface area contributed by atoms with Gasteiger partial charge in [0.15, 0.2) is 0 Å². The molecule has 3 aromatic heterocycles. The highest BCUT2D eigenvalue weighted by atomic mass is 32.2. The first-order valence-electron chi connectivity index (χ1n) is 17.9. The fourth-order valence-electron chi connectivity index (χ4n) is 8.28. The second-order valence-corrected chi connectivity index (χ2v) is 14.6. The quantitative estimate of drug-likeness (QED) is 0.174. The number of rotatable bonds is 6. The first-order valence-corrected chi connectivity index (χ1v) is 18.8. The topological polar surface area (TPSA) is 22.8 Å². The molecule has 0 N–H and O–H groups in total. The van der Waals surface area contributed by atoms with E-state index in [0.717, 1.165) is 40.1 Å². The third-order valence-corrected chi connectivity index (χ3v) is 12.0. The summed E-state index contributed by atoms with van der Waals surface area (Å²) in [7, 11) is 0. The number of fused-ring (bicyclic) bond motifs is 7. The number of benzene rings is 6. The monoisotopic (exact) mass is 685 g/mol. The van der Waals surface area contributed by atoms with Crippen LogP contribution in [0.25, 0.3) is 71.8 Å². The van der Waals surface area contributed by atoms with Crippen molar-refractivity contribution < 1.29 is 0 Å². The van der Waals surface area contributed by atoms with E-state index in [9.17, 15) is 0 Å². The predicted molar refractivity (Wildman–Crippen MR) is 221 cm³/mol. The SMILES string of the molecule is C=C/C(=C1/Sc2ccccc2C1CC)c1ccc2c(c1)c1ccccc1n2-c1ccc(-c2ccc3c(c2)c2ccccc2n3-c2ccccc2)cn1. The Bertz CT molecular complexity index is 2870. The van der Waals surface area contributed by atoms with E-state index >= 15 is 0 Å². The van der Waals surface area contributed by atoms with Crippen molar-refractivity contribution in [3.63, 3.8) is 0 Å². The molecule has 0 aliphatic carbocycles. The van der Waals surface area contributed by atoms with Crippen LogP contribution in [-0.2, 0) is 0 Å². The van der Waals surface area contributed by atoms with Gasteiger partial charge in [0.25, 0.3) is 0 Å². The number of aromatic nitrogens is 3. The summed E-state index contributed by atoms with van der Waals surface area (Å²) in [6.07, 6.45) is 5.13. The van der Waals surface area contributed by atoms with Crippen LogP contribution in [0.2, 0.25) is 0 Å². The first kappa shape index (κ1) is 30.7. The van der Waals surface area contributed by atoms with Gasteiger partial charge in [-0.1, -0.05) is 116 Å². The standard InChI is InChI=1S/C48H35N3S/c1-3-35(48-36(4-2)39-18-10-13-21-46(39)52-48)32-23-26-45-41(29-32)38-17-9-12-20-43(38)51(45)47-27-24-33(30-49-47)31-22-25-44-40(28-31)37-16-8-11-19-42(37)50(44)34-14-6-5-7-15-34/h3,5-30,36H,1,4H2,2H3/b48-35-. The largest absolute Gasteiger partial charge is 0.309 e. The lowest BCUT2D eigenvalue weighted by molar-refractivity contribution is 0.794. The molecule has 0 bridgehead atoms. The van der Waals surface area contributed by atoms with Crippen molar-refractivity contribution in [3.8, 4) is 22.6 Å². The lowest BCUT2D eigenvalue weighted by Crippen LogP contribution is -1.98. The van der Waals surface area contributed by atoms with Gasteiger partial charge in [-0.25, -0.2) is 4.98 Å². The lowest BCUT2D eigenvalue weighted by Gasteiger charge is -2.15. The molecule has 1 aliphatic heterocycles. The van der Waals surface area contributed by atoms with Crippen molar-refractivity contribution in [1.29, 1.82) is 0 Å². The van der Waals surface area contributed by atoms with Gasteiger partial charge in [-0.3, -0.25) is 4.57 Å². The van der Waals surface area contributed by atoms with E-state index in [1.165, 1.54) is 59.1 Å². The molecule has 9 aromatic rings. The summed E-state index contributed by atoms with van der Waals surface area (Å²) in [5.74, 6) is 1.29. The van der Waals surface area contributed by atoms with Crippen molar-refractivity contribution in [3.05, 3.63) is 187 Å². The third-order valence-electron chi connectivity index (χ3n) is 10.7. The minimum atomic E-state index is 0.386. The fraction of sp³-hybridized carbons (Fsp3) is 0.0625. The van der Waals surface area contributed by atoms with E-state index in [4.69, 9.17) is 4.98 Å². The van der Waals surface area contributed by atoms with Crippen molar-refractivity contribution in [2.75, 3.05) is 0 Å². The molecular weight excluding hydrogens is 651 g/mol. The number of nitrogens with zero attached hydrogens (tertiary/aromatic N) is 3. The van der Waals surface area contributed by atoms with E-state index in [1.807, 2.05) is 24.0 Å². The minimum absolute atomic E-state index is 0.386. The highest BCUT2D eigenvalue weighted by Crippen LogP contribution is 2.53. The Kier molecular flexibility index (Phi) is 7.26. The first-order chi connectivity index (χ1) is 25.7. The maximum absolute atomic E-state index is 5.10. The smallest absolute Gasteiger partial charge is 0.137 e. The zero-order valence-corrected chi connectivity index (χ0v) is 29.6. The van der Waals surface area contributed by atoms with Crippen LogP contribution in [0.5, 0.6) is 0 Å². The molecule has 0 saturated carbocycles. The molecule has 1 aliphatic rings. The predicted octanol–water partition coefficient (Wildman–Crippen LogP) is 13.1. The molecule has 1 atom stereocenters. The molecule has 0 spiro atoms. The molecule has 3 nitrogen and oxygen atoms in total. The van der Waals surface area contributed by atoms with Crippen molar-refractivity contribution in [1.82, 2.24) is 14.1 Å². The highest BCUT2D eigenvalue weighted by molar-refractivity contribution is 8.03. The summed E-state index contributed by atoms with van der Waals surface area (Å²) in [6, 6.07) is 54.8. The Morgan fingerprint density at radius 3 is 2.02 bits per heavy atom. The van der Waals surface area contributed by atoms with Gasteiger partial charge in [0.05, 0.1) is 22.1 Å². The van der Waals surface area contributed by atoms with Gasteiger partial charge in [-0.05, 0) is 95.4 Å². The fourth-order valence-corrected chi connectivity index (χ4v) is 9.74. The Balaban J connectivity index is 1.06. The molecule has 4 heterocycles. The highest BCUT2D eigenvalue weighted by Gasteiger charge is 2.29. The van der Waals surface area contributed by atoms with Crippen molar-refractivity contribution >= 4 is 60.9 Å². The lowest BCUT2D eigenvalue weighted by atomic mass is 9.91. The maximum Gasteiger partial charge on any atom is 0.137 e. The number of hydrogen-bond donors (Lipinski definition) is 0. The normalized spacial score (nSPS) is 15.1. The van der Waals surface area contributed by atoms with Gasteiger partial charge in [-0.2, -0.15) is 0 Å². The number of thioether (sulfide) groups is 1. The average Bonchev–Trinajstić information content (AvgIpc) is 3.86. The number of para-hydroxylation sites is 3. The Morgan fingerprint density at radius 1 is 0.635 bits per heavy atom. The van der Waals surface area contributed by atoms with E-state index in [2.05, 4.69) is 174 Å². The van der Waals surface area contributed by atoms with Crippen LogP contribution >= 0.6 is 11.8 Å². The summed E-state index contributed by atoms with van der Waals surface area (Å²) in [6.45, 7) is 6.58. The molecule has 6 aromatic carbocycles. The van der Waals surface area contributed by atoms with E-state index in [0.29, 0.717) is 5.92 Å². The van der Waals surface area contributed by atoms with E-state index in [1.54, 1.807) is 0 Å². The summed E-state index contributed by atoms with van der Waals surface area (Å²) >= 11 is 1.90. The average molecular weight is 686 g/mol. The van der Waals surface area contributed by atoms with Crippen molar-refractivity contribution in [2.24, 2.45) is 0 Å². The third kappa shape index (κ3) is 4.72. The summed E-state index contributed by atoms with van der Waals surface area (Å²) in [4.78, 5) is 7.85. The summed E-state index contributed by atoms with van der Waals surface area (Å²) in [5.41, 5.74) is 11.9. The van der Waals surface area contributed by atoms with E-state index < -0.39 is 0 Å². The molecule has 0 saturated heterocycles. The molecule has 4 heteroatoms.